The van der Waals surface area contributed by atoms with Crippen LogP contribution in [0.2, 0.25) is 0 Å². The van der Waals surface area contributed by atoms with E-state index in [1.165, 1.54) is 4.88 Å². The zero-order chi connectivity index (χ0) is 14.8. The number of aryl methyl sites for hydroxylation is 1. The molecule has 0 aliphatic heterocycles. The molecule has 21 heavy (non-hydrogen) atoms. The van der Waals surface area contributed by atoms with Gasteiger partial charge in [0.2, 0.25) is 0 Å². The van der Waals surface area contributed by atoms with E-state index in [9.17, 15) is 4.79 Å². The van der Waals surface area contributed by atoms with Gasteiger partial charge in [-0.3, -0.25) is 4.79 Å². The Labute approximate surface area is 136 Å². The van der Waals surface area contributed by atoms with Gasteiger partial charge in [0.05, 0.1) is 5.52 Å². The highest BCUT2D eigenvalue weighted by atomic mass is 79.9. The smallest absolute Gasteiger partial charge is 0.187 e. The van der Waals surface area contributed by atoms with Crippen molar-refractivity contribution in [3.63, 3.8) is 0 Å². The van der Waals surface area contributed by atoms with Gasteiger partial charge in [-0.1, -0.05) is 25.1 Å². The van der Waals surface area contributed by atoms with E-state index in [0.29, 0.717) is 12.1 Å². The summed E-state index contributed by atoms with van der Waals surface area (Å²) in [5, 5.41) is 1.03. The van der Waals surface area contributed by atoms with Crippen LogP contribution in [0.1, 0.15) is 27.2 Å². The van der Waals surface area contributed by atoms with Crippen LogP contribution in [0, 0.1) is 0 Å². The first-order chi connectivity index (χ1) is 10.2. The number of aromatic nitrogens is 1. The Morgan fingerprint density at radius 3 is 2.71 bits per heavy atom. The number of rotatable bonds is 4. The topological polar surface area (TPSA) is 30.0 Å². The van der Waals surface area contributed by atoms with Crippen molar-refractivity contribution < 1.29 is 4.79 Å². The highest BCUT2D eigenvalue weighted by Gasteiger charge is 2.15. The molecule has 2 heterocycles. The van der Waals surface area contributed by atoms with Gasteiger partial charge < -0.3 is 0 Å². The van der Waals surface area contributed by atoms with Crippen LogP contribution in [0.25, 0.3) is 10.9 Å². The minimum Gasteiger partial charge on any atom is -0.292 e. The summed E-state index contributed by atoms with van der Waals surface area (Å²) in [4.78, 5) is 19.4. The third-order valence-corrected chi connectivity index (χ3v) is 5.18. The quantitative estimate of drug-likeness (QED) is 0.610. The second-order valence-electron chi connectivity index (χ2n) is 4.83. The van der Waals surface area contributed by atoms with E-state index >= 15 is 0 Å². The third-order valence-electron chi connectivity index (χ3n) is 3.34. The number of Topliss-reactive ketones (excluding diaryl/α,β-unsaturated/α-hetero) is 1. The van der Waals surface area contributed by atoms with E-state index in [1.807, 2.05) is 36.4 Å². The molecular formula is C17H14BrNOS. The van der Waals surface area contributed by atoms with Crippen molar-refractivity contribution in [2.45, 2.75) is 19.8 Å². The number of ketones is 1. The lowest BCUT2D eigenvalue weighted by Gasteiger charge is -2.05. The lowest BCUT2D eigenvalue weighted by Crippen LogP contribution is -2.06. The van der Waals surface area contributed by atoms with Gasteiger partial charge in [0, 0.05) is 26.0 Å². The number of nitrogens with zero attached hydrogens (tertiary/aromatic N) is 1. The second-order valence-corrected chi connectivity index (χ2v) is 6.94. The average Bonchev–Trinajstić information content (AvgIpc) is 2.94. The number of halogens is 1. The standard InChI is InChI=1S/C17H14BrNOS/c1-2-12-7-8-13(21-12)10-16(20)17-14(18)9-11-5-3-4-6-15(11)19-17/h3-9H,2,10H2,1H3. The Balaban J connectivity index is 1.91. The van der Waals surface area contributed by atoms with Gasteiger partial charge in [-0.2, -0.15) is 0 Å². The monoisotopic (exact) mass is 359 g/mol. The number of para-hydroxylation sites is 1. The summed E-state index contributed by atoms with van der Waals surface area (Å²) in [6.07, 6.45) is 1.42. The SMILES string of the molecule is CCc1ccc(CC(=O)c2nc3ccccc3cc2Br)s1. The average molecular weight is 360 g/mol. The summed E-state index contributed by atoms with van der Waals surface area (Å²) in [6, 6.07) is 13.9. The second kappa shape index (κ2) is 6.08. The summed E-state index contributed by atoms with van der Waals surface area (Å²) in [5.41, 5.74) is 1.37. The normalized spacial score (nSPS) is 11.0. The van der Waals surface area contributed by atoms with Crippen LogP contribution >= 0.6 is 27.3 Å². The van der Waals surface area contributed by atoms with Gasteiger partial charge in [-0.25, -0.2) is 4.98 Å². The number of benzene rings is 1. The predicted molar refractivity (Wildman–Crippen MR) is 91.2 cm³/mol. The molecule has 0 aliphatic rings. The fourth-order valence-electron chi connectivity index (χ4n) is 2.23. The lowest BCUT2D eigenvalue weighted by atomic mass is 10.1. The summed E-state index contributed by atoms with van der Waals surface area (Å²) in [7, 11) is 0. The molecule has 106 valence electrons. The summed E-state index contributed by atoms with van der Waals surface area (Å²) < 4.78 is 0.762. The van der Waals surface area contributed by atoms with Gasteiger partial charge >= 0.3 is 0 Å². The van der Waals surface area contributed by atoms with Crippen LogP contribution in [0.15, 0.2) is 46.9 Å². The highest BCUT2D eigenvalue weighted by Crippen LogP contribution is 2.24. The van der Waals surface area contributed by atoms with E-state index < -0.39 is 0 Å². The predicted octanol–water partition coefficient (Wildman–Crippen LogP) is 5.05. The molecule has 0 saturated heterocycles. The van der Waals surface area contributed by atoms with E-state index in [0.717, 1.165) is 26.7 Å². The molecular weight excluding hydrogens is 346 g/mol. The molecule has 1 aromatic carbocycles. The van der Waals surface area contributed by atoms with E-state index in [2.05, 4.69) is 33.9 Å². The van der Waals surface area contributed by atoms with E-state index in [4.69, 9.17) is 0 Å². The van der Waals surface area contributed by atoms with Gasteiger partial charge in [-0.15, -0.1) is 11.3 Å². The highest BCUT2D eigenvalue weighted by molar-refractivity contribution is 9.10. The minimum atomic E-state index is 0.0529. The number of thiophene rings is 1. The molecule has 0 bridgehead atoms. The molecule has 2 nitrogen and oxygen atoms in total. The largest absolute Gasteiger partial charge is 0.292 e. The fraction of sp³-hybridized carbons (Fsp3) is 0.176. The molecule has 0 radical (unpaired) electrons. The number of fused-ring (bicyclic) bond motifs is 1. The zero-order valence-corrected chi connectivity index (χ0v) is 14.0. The van der Waals surface area contributed by atoms with Crippen molar-refractivity contribution in [2.24, 2.45) is 0 Å². The third kappa shape index (κ3) is 3.06. The molecule has 3 rings (SSSR count). The minimum absolute atomic E-state index is 0.0529. The molecule has 4 heteroatoms. The van der Waals surface area contributed by atoms with E-state index in [1.54, 1.807) is 11.3 Å². The van der Waals surface area contributed by atoms with Gasteiger partial charge in [-0.05, 0) is 46.6 Å². The van der Waals surface area contributed by atoms with Crippen LogP contribution in [0.3, 0.4) is 0 Å². The first-order valence-corrected chi connectivity index (χ1v) is 8.44. The van der Waals surface area contributed by atoms with Gasteiger partial charge in [0.15, 0.2) is 5.78 Å². The maximum absolute atomic E-state index is 12.5. The molecule has 2 aromatic heterocycles. The maximum Gasteiger partial charge on any atom is 0.187 e. The zero-order valence-electron chi connectivity index (χ0n) is 11.6. The number of hydrogen-bond acceptors (Lipinski definition) is 3. The van der Waals surface area contributed by atoms with Crippen LogP contribution < -0.4 is 0 Å². The van der Waals surface area contributed by atoms with Crippen molar-refractivity contribution in [1.29, 1.82) is 0 Å². The Morgan fingerprint density at radius 2 is 1.95 bits per heavy atom. The molecule has 0 fully saturated rings. The van der Waals surface area contributed by atoms with Crippen molar-refractivity contribution in [2.75, 3.05) is 0 Å². The molecule has 0 atom stereocenters. The first-order valence-electron chi connectivity index (χ1n) is 6.83. The molecule has 0 amide bonds. The number of carbonyl (C=O) groups excluding carboxylic acids is 1. The number of carbonyl (C=O) groups is 1. The molecule has 0 spiro atoms. The Bertz CT molecular complexity index is 809. The van der Waals surface area contributed by atoms with E-state index in [-0.39, 0.29) is 5.78 Å². The van der Waals surface area contributed by atoms with Crippen LogP contribution in [-0.4, -0.2) is 10.8 Å². The number of pyridine rings is 1. The van der Waals surface area contributed by atoms with Crippen molar-refractivity contribution >= 4 is 44.0 Å². The Morgan fingerprint density at radius 1 is 1.19 bits per heavy atom. The summed E-state index contributed by atoms with van der Waals surface area (Å²) in [6.45, 7) is 2.12. The Kier molecular flexibility index (Phi) is 4.17. The maximum atomic E-state index is 12.5. The molecule has 0 unspecified atom stereocenters. The number of hydrogen-bond donors (Lipinski definition) is 0. The van der Waals surface area contributed by atoms with Crippen LogP contribution in [-0.2, 0) is 12.8 Å². The van der Waals surface area contributed by atoms with Crippen LogP contribution in [0.5, 0.6) is 0 Å². The van der Waals surface area contributed by atoms with Gasteiger partial charge in [0.25, 0.3) is 0 Å². The van der Waals surface area contributed by atoms with Crippen LogP contribution in [0.4, 0.5) is 0 Å². The summed E-state index contributed by atoms with van der Waals surface area (Å²) in [5.74, 6) is 0.0529. The molecule has 3 aromatic rings. The summed E-state index contributed by atoms with van der Waals surface area (Å²) >= 11 is 5.17. The fourth-order valence-corrected chi connectivity index (χ4v) is 3.75. The van der Waals surface area contributed by atoms with Crippen molar-refractivity contribution in [3.05, 3.63) is 62.4 Å². The van der Waals surface area contributed by atoms with Crippen molar-refractivity contribution in [3.8, 4) is 0 Å². The molecule has 0 aliphatic carbocycles. The Hall–Kier alpha value is -1.52. The first kappa shape index (κ1) is 14.4. The molecule has 0 saturated carbocycles. The van der Waals surface area contributed by atoms with Gasteiger partial charge in [0.1, 0.15) is 5.69 Å². The lowest BCUT2D eigenvalue weighted by molar-refractivity contribution is 0.0988. The van der Waals surface area contributed by atoms with Crippen molar-refractivity contribution in [1.82, 2.24) is 4.98 Å². The molecule has 0 N–H and O–H groups in total.